The van der Waals surface area contributed by atoms with Crippen molar-refractivity contribution in [2.45, 2.75) is 24.5 Å². The number of aryl methyl sites for hydroxylation is 1. The number of halogens is 1. The minimum Gasteiger partial charge on any atom is -0.493 e. The summed E-state index contributed by atoms with van der Waals surface area (Å²) in [7, 11) is -3.56. The number of carbonyl (C=O) groups is 1. The van der Waals surface area contributed by atoms with Gasteiger partial charge < -0.3 is 14.0 Å². The molecular weight excluding hydrogens is 508 g/mol. The van der Waals surface area contributed by atoms with E-state index in [4.69, 9.17) is 20.5 Å². The molecule has 0 radical (unpaired) electrons. The SMILES string of the molecule is CS(=O)(=O)Oc1ccc(OCCc2ccc(CC(SCCc3ccc(Cl)cc3)C(=O)O)cc2)cc1. The van der Waals surface area contributed by atoms with E-state index in [9.17, 15) is 18.3 Å². The van der Waals surface area contributed by atoms with Gasteiger partial charge in [-0.3, -0.25) is 4.79 Å². The van der Waals surface area contributed by atoms with E-state index < -0.39 is 21.3 Å². The first-order valence-electron chi connectivity index (χ1n) is 11.0. The number of carboxylic acids is 1. The van der Waals surface area contributed by atoms with Crippen molar-refractivity contribution in [3.63, 3.8) is 0 Å². The van der Waals surface area contributed by atoms with E-state index in [0.29, 0.717) is 30.2 Å². The van der Waals surface area contributed by atoms with Crippen molar-refractivity contribution in [1.82, 2.24) is 0 Å². The van der Waals surface area contributed by atoms with Crippen LogP contribution >= 0.6 is 23.4 Å². The highest BCUT2D eigenvalue weighted by Crippen LogP contribution is 2.21. The largest absolute Gasteiger partial charge is 0.493 e. The van der Waals surface area contributed by atoms with Gasteiger partial charge in [0.1, 0.15) is 16.7 Å². The second-order valence-corrected chi connectivity index (χ2v) is 11.3. The molecule has 0 fully saturated rings. The van der Waals surface area contributed by atoms with Gasteiger partial charge in [-0.2, -0.15) is 8.42 Å². The van der Waals surface area contributed by atoms with Gasteiger partial charge in [-0.1, -0.05) is 48.0 Å². The molecule has 0 spiro atoms. The summed E-state index contributed by atoms with van der Waals surface area (Å²) in [4.78, 5) is 11.7. The Morgan fingerprint density at radius 1 is 0.886 bits per heavy atom. The van der Waals surface area contributed by atoms with Crippen molar-refractivity contribution in [3.8, 4) is 11.5 Å². The highest BCUT2D eigenvalue weighted by atomic mass is 35.5. The zero-order valence-electron chi connectivity index (χ0n) is 19.2. The second-order valence-electron chi connectivity index (χ2n) is 7.95. The van der Waals surface area contributed by atoms with Gasteiger partial charge in [0.25, 0.3) is 0 Å². The molecule has 0 aliphatic carbocycles. The lowest BCUT2D eigenvalue weighted by Gasteiger charge is -2.13. The normalized spacial score (nSPS) is 12.2. The maximum atomic E-state index is 11.7. The first-order chi connectivity index (χ1) is 16.7. The minimum atomic E-state index is -3.56. The van der Waals surface area contributed by atoms with Crippen molar-refractivity contribution < 1.29 is 27.2 Å². The molecule has 3 rings (SSSR count). The van der Waals surface area contributed by atoms with Crippen LogP contribution in [-0.4, -0.2) is 43.4 Å². The van der Waals surface area contributed by atoms with Crippen LogP contribution in [0.4, 0.5) is 0 Å². The number of hydrogen-bond acceptors (Lipinski definition) is 6. The van der Waals surface area contributed by atoms with E-state index >= 15 is 0 Å². The number of ether oxygens (including phenoxy) is 1. The van der Waals surface area contributed by atoms with E-state index in [1.165, 1.54) is 23.9 Å². The van der Waals surface area contributed by atoms with Gasteiger partial charge in [-0.05, 0) is 71.7 Å². The lowest BCUT2D eigenvalue weighted by Crippen LogP contribution is -2.20. The number of benzene rings is 3. The Bertz CT molecular complexity index is 1190. The van der Waals surface area contributed by atoms with Crippen molar-refractivity contribution in [1.29, 1.82) is 0 Å². The van der Waals surface area contributed by atoms with Crippen LogP contribution in [0.15, 0.2) is 72.8 Å². The Labute approximate surface area is 215 Å². The zero-order chi connectivity index (χ0) is 25.3. The summed E-state index contributed by atoms with van der Waals surface area (Å²) < 4.78 is 32.8. The molecule has 3 aromatic rings. The molecule has 3 aromatic carbocycles. The molecule has 0 amide bonds. The first kappa shape index (κ1) is 26.9. The van der Waals surface area contributed by atoms with Gasteiger partial charge in [-0.15, -0.1) is 11.8 Å². The minimum absolute atomic E-state index is 0.234. The summed E-state index contributed by atoms with van der Waals surface area (Å²) in [5.41, 5.74) is 3.19. The van der Waals surface area contributed by atoms with Gasteiger partial charge in [0.05, 0.1) is 12.9 Å². The summed E-state index contributed by atoms with van der Waals surface area (Å²) in [6.07, 6.45) is 2.92. The third kappa shape index (κ3) is 9.84. The third-order valence-electron chi connectivity index (χ3n) is 5.07. The Hall–Kier alpha value is -2.68. The first-order valence-corrected chi connectivity index (χ1v) is 14.2. The average Bonchev–Trinajstić information content (AvgIpc) is 2.81. The molecule has 0 bridgehead atoms. The molecule has 0 aliphatic heterocycles. The van der Waals surface area contributed by atoms with Crippen molar-refractivity contribution >= 4 is 39.5 Å². The molecule has 6 nitrogen and oxygen atoms in total. The molecule has 186 valence electrons. The Morgan fingerprint density at radius 2 is 1.43 bits per heavy atom. The summed E-state index contributed by atoms with van der Waals surface area (Å²) in [6, 6.07) is 21.9. The Balaban J connectivity index is 1.43. The zero-order valence-corrected chi connectivity index (χ0v) is 21.6. The van der Waals surface area contributed by atoms with Gasteiger partial charge in [0, 0.05) is 11.4 Å². The molecule has 0 aromatic heterocycles. The molecule has 35 heavy (non-hydrogen) atoms. The summed E-state index contributed by atoms with van der Waals surface area (Å²) >= 11 is 7.36. The van der Waals surface area contributed by atoms with Crippen LogP contribution in [0.2, 0.25) is 5.02 Å². The van der Waals surface area contributed by atoms with Gasteiger partial charge in [-0.25, -0.2) is 0 Å². The van der Waals surface area contributed by atoms with Crippen LogP contribution < -0.4 is 8.92 Å². The van der Waals surface area contributed by atoms with Crippen LogP contribution in [0.3, 0.4) is 0 Å². The topological polar surface area (TPSA) is 89.9 Å². The van der Waals surface area contributed by atoms with Crippen LogP contribution in [0, 0.1) is 0 Å². The van der Waals surface area contributed by atoms with Gasteiger partial charge >= 0.3 is 16.1 Å². The van der Waals surface area contributed by atoms with Crippen molar-refractivity contribution in [2.75, 3.05) is 18.6 Å². The molecule has 9 heteroatoms. The standard InChI is InChI=1S/C26H27ClO6S2/c1-35(30,31)33-24-12-10-23(11-13-24)32-16-14-19-2-4-21(5-3-19)18-25(26(28)29)34-17-15-20-6-8-22(27)9-7-20/h2-13,25H,14-18H2,1H3,(H,28,29). The van der Waals surface area contributed by atoms with E-state index in [0.717, 1.165) is 35.1 Å². The molecular formula is C26H27ClO6S2. The maximum Gasteiger partial charge on any atom is 0.316 e. The second kappa shape index (κ2) is 12.9. The fourth-order valence-corrected chi connectivity index (χ4v) is 4.97. The number of hydrogen-bond donors (Lipinski definition) is 1. The molecule has 1 atom stereocenters. The predicted octanol–water partition coefficient (Wildman–Crippen LogP) is 5.27. The Kier molecular flexibility index (Phi) is 9.89. The highest BCUT2D eigenvalue weighted by molar-refractivity contribution is 8.00. The lowest BCUT2D eigenvalue weighted by atomic mass is 10.1. The molecule has 0 saturated carbocycles. The fourth-order valence-electron chi connectivity index (χ4n) is 3.30. The Morgan fingerprint density at radius 3 is 2.03 bits per heavy atom. The van der Waals surface area contributed by atoms with E-state index in [1.807, 2.05) is 48.5 Å². The fraction of sp³-hybridized carbons (Fsp3) is 0.269. The number of thioether (sulfide) groups is 1. The van der Waals surface area contributed by atoms with Crippen LogP contribution in [0.5, 0.6) is 11.5 Å². The highest BCUT2D eigenvalue weighted by Gasteiger charge is 2.18. The smallest absolute Gasteiger partial charge is 0.316 e. The van der Waals surface area contributed by atoms with Gasteiger partial charge in [0.2, 0.25) is 0 Å². The van der Waals surface area contributed by atoms with Gasteiger partial charge in [0.15, 0.2) is 0 Å². The van der Waals surface area contributed by atoms with Crippen LogP contribution in [0.1, 0.15) is 16.7 Å². The third-order valence-corrected chi connectivity index (χ3v) is 7.03. The van der Waals surface area contributed by atoms with Crippen LogP contribution in [0.25, 0.3) is 0 Å². The summed E-state index contributed by atoms with van der Waals surface area (Å²) in [5.74, 6) is 0.757. The summed E-state index contributed by atoms with van der Waals surface area (Å²) in [6.45, 7) is 0.448. The predicted molar refractivity (Wildman–Crippen MR) is 140 cm³/mol. The molecule has 0 saturated heterocycles. The molecule has 1 unspecified atom stereocenters. The van der Waals surface area contributed by atoms with E-state index in [2.05, 4.69) is 0 Å². The van der Waals surface area contributed by atoms with Crippen LogP contribution in [-0.2, 0) is 34.2 Å². The quantitative estimate of drug-likeness (QED) is 0.299. The maximum absolute atomic E-state index is 11.7. The van der Waals surface area contributed by atoms with Crippen molar-refractivity contribution in [2.24, 2.45) is 0 Å². The lowest BCUT2D eigenvalue weighted by molar-refractivity contribution is -0.136. The average molecular weight is 535 g/mol. The number of carboxylic acid groups (broad SMARTS) is 1. The molecule has 0 aliphatic rings. The summed E-state index contributed by atoms with van der Waals surface area (Å²) in [5, 5.41) is 9.81. The molecule has 1 N–H and O–H groups in total. The van der Waals surface area contributed by atoms with E-state index in [-0.39, 0.29) is 5.75 Å². The number of aliphatic carboxylic acids is 1. The van der Waals surface area contributed by atoms with Crippen molar-refractivity contribution in [3.05, 3.63) is 94.5 Å². The number of rotatable bonds is 13. The molecule has 0 heterocycles. The van der Waals surface area contributed by atoms with E-state index in [1.54, 1.807) is 12.1 Å². The monoisotopic (exact) mass is 534 g/mol.